The Morgan fingerprint density at radius 1 is 1.06 bits per heavy atom. The van der Waals surface area contributed by atoms with Gasteiger partial charge in [-0.3, -0.25) is 4.90 Å². The van der Waals surface area contributed by atoms with Crippen LogP contribution in [0.5, 0.6) is 0 Å². The van der Waals surface area contributed by atoms with Crippen molar-refractivity contribution in [2.24, 2.45) is 0 Å². The number of rotatable bonds is 10. The molecular weight excluding hydrogens is 619 g/mol. The number of carbonyl (C=O) groups excluding carboxylic acids is 3. The maximum absolute atomic E-state index is 15.5. The molecule has 1 N–H and O–H groups in total. The number of amides is 2. The number of hydrogen-bond acceptors (Lipinski definition) is 9. The summed E-state index contributed by atoms with van der Waals surface area (Å²) in [4.78, 5) is 50.1. The highest BCUT2D eigenvalue weighted by molar-refractivity contribution is 5.92. The molecule has 0 bridgehead atoms. The van der Waals surface area contributed by atoms with Crippen LogP contribution >= 0.6 is 0 Å². The molecule has 48 heavy (non-hydrogen) atoms. The van der Waals surface area contributed by atoms with Crippen molar-refractivity contribution in [3.05, 3.63) is 78.4 Å². The first-order valence-electron chi connectivity index (χ1n) is 15.8. The summed E-state index contributed by atoms with van der Waals surface area (Å²) in [6.45, 7) is 6.60. The Morgan fingerprint density at radius 3 is 2.56 bits per heavy atom. The number of nitrogens with zero attached hydrogens (tertiary/aromatic N) is 5. The van der Waals surface area contributed by atoms with Crippen LogP contribution in [0.1, 0.15) is 39.2 Å². The number of ether oxygens (including phenoxy) is 3. The van der Waals surface area contributed by atoms with Crippen molar-refractivity contribution in [2.45, 2.75) is 64.4 Å². The van der Waals surface area contributed by atoms with Crippen molar-refractivity contribution in [3.8, 4) is 11.3 Å². The Balaban J connectivity index is 1.30. The normalized spacial score (nSPS) is 16.1. The fraction of sp³-hybridized carbons (Fsp3) is 0.400. The third kappa shape index (κ3) is 8.20. The molecule has 12 nitrogen and oxygen atoms in total. The largest absolute Gasteiger partial charge is 0.467 e. The van der Waals surface area contributed by atoms with E-state index in [4.69, 9.17) is 19.2 Å². The van der Waals surface area contributed by atoms with Crippen molar-refractivity contribution >= 4 is 35.0 Å². The van der Waals surface area contributed by atoms with Gasteiger partial charge in [0.1, 0.15) is 29.9 Å². The van der Waals surface area contributed by atoms with Crippen LogP contribution in [-0.4, -0.2) is 87.4 Å². The molecular formula is C35H41FN6O6. The summed E-state index contributed by atoms with van der Waals surface area (Å²) in [6, 6.07) is 16.3. The number of aromatic nitrogens is 3. The predicted octanol–water partition coefficient (Wildman–Crippen LogP) is 5.86. The van der Waals surface area contributed by atoms with Crippen LogP contribution < -0.4 is 5.32 Å². The smallest absolute Gasteiger partial charge is 0.410 e. The van der Waals surface area contributed by atoms with Crippen LogP contribution in [0.15, 0.2) is 67.0 Å². The molecule has 5 rings (SSSR count). The number of pyridine rings is 1. The van der Waals surface area contributed by atoms with Gasteiger partial charge in [0.2, 0.25) is 0 Å². The summed E-state index contributed by atoms with van der Waals surface area (Å²) in [6.07, 6.45) is 1.47. The lowest BCUT2D eigenvalue weighted by Crippen LogP contribution is -2.41. The fourth-order valence-electron chi connectivity index (χ4n) is 5.63. The van der Waals surface area contributed by atoms with Crippen LogP contribution in [0.3, 0.4) is 0 Å². The van der Waals surface area contributed by atoms with Gasteiger partial charge in [-0.05, 0) is 57.0 Å². The summed E-state index contributed by atoms with van der Waals surface area (Å²) in [5.74, 6) is -0.558. The fourth-order valence-corrected chi connectivity index (χ4v) is 5.63. The number of halogens is 1. The van der Waals surface area contributed by atoms with Crippen LogP contribution in [0.2, 0.25) is 0 Å². The Bertz CT molecular complexity index is 1760. The Kier molecular flexibility index (Phi) is 10.5. The summed E-state index contributed by atoms with van der Waals surface area (Å²) in [5.41, 5.74) is 2.10. The second-order valence-electron chi connectivity index (χ2n) is 12.7. The van der Waals surface area contributed by atoms with Gasteiger partial charge in [-0.2, -0.15) is 0 Å². The molecule has 4 aromatic rings. The van der Waals surface area contributed by atoms with E-state index in [0.29, 0.717) is 47.6 Å². The SMILES string of the molecule is COC(=O)[C@@H]1C[C@H](Nc2cccc(-c3c(F)ccc4ncn(CCCN(C)C(=O)OC(C)(C)C)c34)n2)CN1C(=O)OCc1ccccc1. The molecule has 0 unspecified atom stereocenters. The molecule has 0 saturated carbocycles. The monoisotopic (exact) mass is 660 g/mol. The first kappa shape index (κ1) is 34.1. The Morgan fingerprint density at radius 2 is 1.83 bits per heavy atom. The quantitative estimate of drug-likeness (QED) is 0.164. The van der Waals surface area contributed by atoms with E-state index < -0.39 is 35.6 Å². The number of hydrogen-bond donors (Lipinski definition) is 1. The molecule has 3 heterocycles. The number of imidazole rings is 1. The number of nitrogens with one attached hydrogen (secondary N) is 1. The van der Waals surface area contributed by atoms with E-state index in [9.17, 15) is 14.4 Å². The Labute approximate surface area is 278 Å². The van der Waals surface area contributed by atoms with Crippen LogP contribution in [0.4, 0.5) is 19.8 Å². The molecule has 254 valence electrons. The molecule has 1 aliphatic heterocycles. The number of methoxy groups -OCH3 is 1. The molecule has 0 aliphatic carbocycles. The minimum absolute atomic E-state index is 0.0693. The minimum atomic E-state index is -0.839. The highest BCUT2D eigenvalue weighted by Crippen LogP contribution is 2.32. The third-order valence-corrected chi connectivity index (χ3v) is 7.90. The molecule has 0 spiro atoms. The maximum atomic E-state index is 15.5. The molecule has 2 aromatic heterocycles. The Hall–Kier alpha value is -5.20. The van der Waals surface area contributed by atoms with E-state index >= 15 is 4.39 Å². The van der Waals surface area contributed by atoms with Crippen LogP contribution in [-0.2, 0) is 32.2 Å². The number of aryl methyl sites for hydroxylation is 1. The number of anilines is 1. The average molecular weight is 661 g/mol. The summed E-state index contributed by atoms with van der Waals surface area (Å²) < 4.78 is 33.3. The van der Waals surface area contributed by atoms with Gasteiger partial charge in [-0.25, -0.2) is 28.7 Å². The lowest BCUT2D eigenvalue weighted by atomic mass is 10.1. The molecule has 1 fully saturated rings. The van der Waals surface area contributed by atoms with Gasteiger partial charge in [-0.1, -0.05) is 36.4 Å². The van der Waals surface area contributed by atoms with Gasteiger partial charge < -0.3 is 29.0 Å². The maximum Gasteiger partial charge on any atom is 0.410 e. The second kappa shape index (κ2) is 14.7. The summed E-state index contributed by atoms with van der Waals surface area (Å²) in [5, 5.41) is 3.31. The lowest BCUT2D eigenvalue weighted by molar-refractivity contribution is -0.145. The number of carbonyl (C=O) groups is 3. The minimum Gasteiger partial charge on any atom is -0.467 e. The van der Waals surface area contributed by atoms with E-state index in [1.54, 1.807) is 37.6 Å². The number of benzene rings is 2. The van der Waals surface area contributed by atoms with E-state index in [-0.39, 0.29) is 25.6 Å². The van der Waals surface area contributed by atoms with Gasteiger partial charge in [0, 0.05) is 39.1 Å². The molecule has 0 radical (unpaired) electrons. The highest BCUT2D eigenvalue weighted by Gasteiger charge is 2.41. The second-order valence-corrected chi connectivity index (χ2v) is 12.7. The van der Waals surface area contributed by atoms with Crippen molar-refractivity contribution in [3.63, 3.8) is 0 Å². The molecule has 2 atom stereocenters. The van der Waals surface area contributed by atoms with E-state index in [0.717, 1.165) is 5.56 Å². The zero-order valence-electron chi connectivity index (χ0n) is 27.8. The van der Waals surface area contributed by atoms with E-state index in [2.05, 4.69) is 10.3 Å². The number of likely N-dealkylation sites (tertiary alicyclic amines) is 1. The number of esters is 1. The van der Waals surface area contributed by atoms with Crippen molar-refractivity contribution < 1.29 is 33.0 Å². The van der Waals surface area contributed by atoms with E-state index in [1.807, 2.05) is 55.7 Å². The summed E-state index contributed by atoms with van der Waals surface area (Å²) >= 11 is 0. The molecule has 1 aliphatic rings. The zero-order chi connectivity index (χ0) is 34.4. The van der Waals surface area contributed by atoms with Gasteiger partial charge in [0.25, 0.3) is 0 Å². The summed E-state index contributed by atoms with van der Waals surface area (Å²) in [7, 11) is 2.96. The van der Waals surface area contributed by atoms with Gasteiger partial charge >= 0.3 is 18.2 Å². The third-order valence-electron chi connectivity index (χ3n) is 7.90. The average Bonchev–Trinajstić information content (AvgIpc) is 3.67. The first-order valence-corrected chi connectivity index (χ1v) is 15.8. The molecule has 13 heteroatoms. The zero-order valence-corrected chi connectivity index (χ0v) is 27.8. The highest BCUT2D eigenvalue weighted by atomic mass is 19.1. The van der Waals surface area contributed by atoms with Crippen molar-refractivity contribution in [2.75, 3.05) is 32.6 Å². The first-order chi connectivity index (χ1) is 22.9. The van der Waals surface area contributed by atoms with Gasteiger partial charge in [-0.15, -0.1) is 0 Å². The predicted molar refractivity (Wildman–Crippen MR) is 178 cm³/mol. The van der Waals surface area contributed by atoms with E-state index in [1.165, 1.54) is 23.0 Å². The molecule has 2 amide bonds. The van der Waals surface area contributed by atoms with Crippen LogP contribution in [0.25, 0.3) is 22.3 Å². The topological polar surface area (TPSA) is 128 Å². The van der Waals surface area contributed by atoms with Gasteiger partial charge in [0.15, 0.2) is 0 Å². The molecule has 2 aromatic carbocycles. The van der Waals surface area contributed by atoms with Crippen molar-refractivity contribution in [1.29, 1.82) is 0 Å². The number of fused-ring (bicyclic) bond motifs is 1. The van der Waals surface area contributed by atoms with Gasteiger partial charge in [0.05, 0.1) is 35.7 Å². The lowest BCUT2D eigenvalue weighted by Gasteiger charge is -2.24. The standard InChI is InChI=1S/C35H41FN6O6/c1-35(2,3)48-33(44)40(4)17-10-18-41-22-37-27-16-15-25(36)30(31(27)41)26-13-9-14-29(39-26)38-24-19-28(32(43)46-5)42(20-24)34(45)47-21-23-11-7-6-8-12-23/h6-9,11-16,22,24,28H,10,17-21H2,1-5H3,(H,38,39)/t24-,28-/m0/s1. The van der Waals surface area contributed by atoms with Crippen LogP contribution in [0, 0.1) is 5.82 Å². The molecule has 1 saturated heterocycles. The van der Waals surface area contributed by atoms with Crippen molar-refractivity contribution in [1.82, 2.24) is 24.3 Å².